The number of carbonyl (C=O) groups excluding carboxylic acids is 1. The van der Waals surface area contributed by atoms with Crippen LogP contribution in [-0.2, 0) is 18.6 Å². The molecule has 0 unspecified atom stereocenters. The largest absolute Gasteiger partial charge is 0.455 e. The summed E-state index contributed by atoms with van der Waals surface area (Å²) in [4.78, 5) is 13.7. The minimum atomic E-state index is -2.78. The fourth-order valence-corrected chi connectivity index (χ4v) is 12.9. The molecular weight excluding hydrogens is 739 g/mol. The molecule has 0 fully saturated rings. The Labute approximate surface area is 309 Å². The van der Waals surface area contributed by atoms with Crippen molar-refractivity contribution >= 4 is 47.3 Å². The van der Waals surface area contributed by atoms with E-state index in [1.165, 1.54) is 15.9 Å². The van der Waals surface area contributed by atoms with Gasteiger partial charge in [-0.25, -0.2) is 4.79 Å². The lowest BCUT2D eigenvalue weighted by Gasteiger charge is -2.47. The van der Waals surface area contributed by atoms with Crippen LogP contribution >= 0.6 is 22.6 Å². The molecule has 49 heavy (non-hydrogen) atoms. The van der Waals surface area contributed by atoms with E-state index in [1.807, 2.05) is 35.3 Å². The second kappa shape index (κ2) is 17.6. The first kappa shape index (κ1) is 39.2. The van der Waals surface area contributed by atoms with Gasteiger partial charge in [0.15, 0.2) is 0 Å². The molecule has 5 nitrogen and oxygen atoms in total. The Morgan fingerprint density at radius 3 is 1.96 bits per heavy atom. The van der Waals surface area contributed by atoms with Crippen LogP contribution in [0.1, 0.15) is 71.7 Å². The van der Waals surface area contributed by atoms with Crippen LogP contribution in [0, 0.1) is 23.7 Å². The summed E-state index contributed by atoms with van der Waals surface area (Å²) in [6, 6.07) is 30.9. The molecule has 0 amide bonds. The number of halogens is 1. The molecule has 7 heteroatoms. The summed E-state index contributed by atoms with van der Waals surface area (Å²) in [6.07, 6.45) is 5.36. The summed E-state index contributed by atoms with van der Waals surface area (Å²) in [5.74, 6) is 0.762. The zero-order valence-corrected chi connectivity index (χ0v) is 33.7. The summed E-state index contributed by atoms with van der Waals surface area (Å²) in [7, 11) is -1.17. The number of ether oxygens (including phenoxy) is 3. The molecule has 264 valence electrons. The van der Waals surface area contributed by atoms with E-state index in [9.17, 15) is 4.79 Å². The van der Waals surface area contributed by atoms with E-state index in [-0.39, 0.29) is 29.6 Å². The number of carbonyl (C=O) groups is 1. The SMILES string of the molecule is COCO[C@@](C)(/C=C\I)[C@@H](C[C@H]1C(C)=CC[C@H](C(C)C)[C@H]1CO[Si](c1ccccc1)(c1ccccc1)C(C)(C)C)OC(=O)c1ccccc1. The predicted octanol–water partition coefficient (Wildman–Crippen LogP) is 9.36. The topological polar surface area (TPSA) is 54.0 Å². The summed E-state index contributed by atoms with van der Waals surface area (Å²) in [6.45, 7) is 16.5. The van der Waals surface area contributed by atoms with Gasteiger partial charge in [-0.15, -0.1) is 0 Å². The fraction of sp³-hybridized carbons (Fsp3) is 0.452. The van der Waals surface area contributed by atoms with Crippen molar-refractivity contribution in [3.8, 4) is 0 Å². The quantitative estimate of drug-likeness (QED) is 0.0505. The molecule has 0 spiro atoms. The molecule has 1 aliphatic carbocycles. The van der Waals surface area contributed by atoms with Crippen molar-refractivity contribution in [3.63, 3.8) is 0 Å². The van der Waals surface area contributed by atoms with E-state index < -0.39 is 20.0 Å². The molecule has 1 aliphatic rings. The molecule has 0 saturated heterocycles. The normalized spacial score (nSPS) is 20.5. The van der Waals surface area contributed by atoms with Crippen LogP contribution in [0.25, 0.3) is 0 Å². The lowest BCUT2D eigenvalue weighted by molar-refractivity contribution is -0.152. The Kier molecular flexibility index (Phi) is 14.1. The van der Waals surface area contributed by atoms with E-state index in [0.29, 0.717) is 30.4 Å². The third-order valence-corrected chi connectivity index (χ3v) is 15.7. The summed E-state index contributed by atoms with van der Waals surface area (Å²) >= 11 is 2.21. The van der Waals surface area contributed by atoms with Crippen molar-refractivity contribution in [3.05, 3.63) is 118 Å². The molecule has 0 saturated carbocycles. The van der Waals surface area contributed by atoms with Gasteiger partial charge < -0.3 is 18.6 Å². The van der Waals surface area contributed by atoms with E-state index >= 15 is 0 Å². The highest BCUT2D eigenvalue weighted by Crippen LogP contribution is 2.45. The highest BCUT2D eigenvalue weighted by atomic mass is 127. The fourth-order valence-electron chi connectivity index (χ4n) is 7.59. The Morgan fingerprint density at radius 1 is 0.918 bits per heavy atom. The molecule has 0 bridgehead atoms. The molecule has 5 atom stereocenters. The van der Waals surface area contributed by atoms with Crippen LogP contribution in [0.3, 0.4) is 0 Å². The molecule has 4 rings (SSSR count). The standard InChI is InChI=1S/C42H55IO5Si/c1-31(2)36-25-24-32(3)37(28-39(42(7,26-27-43)46-30-45-8)48-40(44)33-18-12-9-13-19-33)38(36)29-47-49(41(4,5)6,34-20-14-10-15-21-34)35-22-16-11-17-23-35/h9-24,26-27,31,36-39H,25,28-30H2,1-8H3/b27-26-/t36-,37+,38-,39-,42+/m1/s1. The van der Waals surface area contributed by atoms with Crippen molar-refractivity contribution in [2.75, 3.05) is 20.5 Å². The first-order valence-electron chi connectivity index (χ1n) is 17.5. The number of allylic oxidation sites excluding steroid dienone is 2. The number of rotatable bonds is 15. The maximum Gasteiger partial charge on any atom is 0.338 e. The van der Waals surface area contributed by atoms with Gasteiger partial charge in [0, 0.05) is 13.7 Å². The van der Waals surface area contributed by atoms with Crippen molar-refractivity contribution in [2.45, 2.75) is 78.1 Å². The van der Waals surface area contributed by atoms with Gasteiger partial charge in [0.1, 0.15) is 18.5 Å². The lowest BCUT2D eigenvalue weighted by atomic mass is 9.66. The molecule has 0 aromatic heterocycles. The van der Waals surface area contributed by atoms with Crippen LogP contribution in [0.15, 0.2) is 113 Å². The van der Waals surface area contributed by atoms with Crippen molar-refractivity contribution in [2.24, 2.45) is 23.7 Å². The minimum absolute atomic E-state index is 0.0748. The highest BCUT2D eigenvalue weighted by molar-refractivity contribution is 14.1. The van der Waals surface area contributed by atoms with E-state index in [2.05, 4.69) is 131 Å². The van der Waals surface area contributed by atoms with Crippen molar-refractivity contribution in [1.29, 1.82) is 0 Å². The molecule has 0 heterocycles. The van der Waals surface area contributed by atoms with Crippen LogP contribution in [0.2, 0.25) is 5.04 Å². The maximum atomic E-state index is 13.7. The molecule has 0 N–H and O–H groups in total. The smallest absolute Gasteiger partial charge is 0.338 e. The maximum absolute atomic E-state index is 13.7. The molecular formula is C42H55IO5Si. The predicted molar refractivity (Wildman–Crippen MR) is 212 cm³/mol. The summed E-state index contributed by atoms with van der Waals surface area (Å²) in [5.41, 5.74) is 0.902. The van der Waals surface area contributed by atoms with Crippen LogP contribution in [0.4, 0.5) is 0 Å². The Hall–Kier alpha value is -2.56. The number of hydrogen-bond donors (Lipinski definition) is 0. The van der Waals surface area contributed by atoms with E-state index in [1.54, 1.807) is 19.2 Å². The van der Waals surface area contributed by atoms with E-state index in [4.69, 9.17) is 18.6 Å². The monoisotopic (exact) mass is 794 g/mol. The third kappa shape index (κ3) is 9.22. The van der Waals surface area contributed by atoms with Gasteiger partial charge in [-0.2, -0.15) is 0 Å². The average molecular weight is 795 g/mol. The van der Waals surface area contributed by atoms with Gasteiger partial charge in [-0.3, -0.25) is 0 Å². The van der Waals surface area contributed by atoms with Gasteiger partial charge in [0.05, 0.1) is 5.56 Å². The Morgan fingerprint density at radius 2 is 1.47 bits per heavy atom. The average Bonchev–Trinajstić information content (AvgIpc) is 3.09. The lowest BCUT2D eigenvalue weighted by Crippen LogP contribution is -2.67. The van der Waals surface area contributed by atoms with Gasteiger partial charge in [0.25, 0.3) is 8.32 Å². The second-order valence-corrected chi connectivity index (χ2v) is 19.9. The first-order chi connectivity index (χ1) is 23.4. The van der Waals surface area contributed by atoms with Crippen LogP contribution < -0.4 is 10.4 Å². The van der Waals surface area contributed by atoms with Gasteiger partial charge in [0.2, 0.25) is 0 Å². The Balaban J connectivity index is 1.80. The van der Waals surface area contributed by atoms with Crippen LogP contribution in [0.5, 0.6) is 0 Å². The highest BCUT2D eigenvalue weighted by Gasteiger charge is 2.51. The van der Waals surface area contributed by atoms with Gasteiger partial charge >= 0.3 is 5.97 Å². The number of hydrogen-bond acceptors (Lipinski definition) is 5. The molecule has 3 aromatic rings. The van der Waals surface area contributed by atoms with Crippen LogP contribution in [-0.4, -0.2) is 46.5 Å². The number of benzene rings is 3. The Bertz CT molecular complexity index is 1480. The number of methoxy groups -OCH3 is 1. The van der Waals surface area contributed by atoms with E-state index in [0.717, 1.165) is 6.42 Å². The van der Waals surface area contributed by atoms with Gasteiger partial charge in [-0.1, -0.05) is 148 Å². The summed E-state index contributed by atoms with van der Waals surface area (Å²) in [5, 5.41) is 2.41. The van der Waals surface area contributed by atoms with Gasteiger partial charge in [-0.05, 0) is 88.1 Å². The number of esters is 1. The summed E-state index contributed by atoms with van der Waals surface area (Å²) < 4.78 is 27.7. The molecule has 0 radical (unpaired) electrons. The van der Waals surface area contributed by atoms with Crippen molar-refractivity contribution < 1.29 is 23.4 Å². The van der Waals surface area contributed by atoms with Crippen molar-refractivity contribution in [1.82, 2.24) is 0 Å². The first-order valence-corrected chi connectivity index (χ1v) is 20.6. The molecule has 3 aromatic carbocycles. The minimum Gasteiger partial charge on any atom is -0.455 e. The zero-order chi connectivity index (χ0) is 35.7. The zero-order valence-electron chi connectivity index (χ0n) is 30.5. The second-order valence-electron chi connectivity index (χ2n) is 14.9. The third-order valence-electron chi connectivity index (χ3n) is 10.4. The molecule has 0 aliphatic heterocycles.